The van der Waals surface area contributed by atoms with Crippen molar-refractivity contribution in [3.05, 3.63) is 29.8 Å². The first-order valence-electron chi connectivity index (χ1n) is 5.60. The topological polar surface area (TPSA) is 17.1 Å². The summed E-state index contributed by atoms with van der Waals surface area (Å²) in [6.07, 6.45) is 4.32. The van der Waals surface area contributed by atoms with E-state index in [2.05, 4.69) is 24.3 Å². The van der Waals surface area contributed by atoms with E-state index in [0.29, 0.717) is 5.78 Å². The summed E-state index contributed by atoms with van der Waals surface area (Å²) in [7, 11) is 0. The van der Waals surface area contributed by atoms with E-state index in [1.165, 1.54) is 23.3 Å². The molecule has 1 heterocycles. The van der Waals surface area contributed by atoms with Gasteiger partial charge in [0.05, 0.1) is 5.25 Å². The molecule has 1 fully saturated rings. The number of benzene rings is 1. The number of carbonyl (C=O) groups is 1. The number of hydrogen-bond donors (Lipinski definition) is 0. The number of fused-ring (bicyclic) bond motifs is 1. The van der Waals surface area contributed by atoms with Crippen molar-refractivity contribution < 1.29 is 4.79 Å². The fourth-order valence-corrected chi connectivity index (χ4v) is 3.36. The molecule has 0 bridgehead atoms. The first-order chi connectivity index (χ1) is 7.33. The van der Waals surface area contributed by atoms with Crippen LogP contribution in [0.2, 0.25) is 0 Å². The van der Waals surface area contributed by atoms with E-state index in [1.54, 1.807) is 11.8 Å². The Balaban J connectivity index is 1.69. The van der Waals surface area contributed by atoms with Gasteiger partial charge in [-0.05, 0) is 36.8 Å². The molecule has 1 aliphatic carbocycles. The summed E-state index contributed by atoms with van der Waals surface area (Å²) in [6, 6.07) is 8.39. The van der Waals surface area contributed by atoms with Gasteiger partial charge >= 0.3 is 0 Å². The summed E-state index contributed by atoms with van der Waals surface area (Å²) in [5.41, 5.74) is 1.36. The molecule has 0 spiro atoms. The maximum Gasteiger partial charge on any atom is 0.146 e. The highest BCUT2D eigenvalue weighted by atomic mass is 32.2. The van der Waals surface area contributed by atoms with Crippen LogP contribution in [0.3, 0.4) is 0 Å². The Morgan fingerprint density at radius 2 is 2.13 bits per heavy atom. The minimum Gasteiger partial charge on any atom is -0.298 e. The molecule has 15 heavy (non-hydrogen) atoms. The second-order valence-corrected chi connectivity index (χ2v) is 5.78. The van der Waals surface area contributed by atoms with Crippen LogP contribution in [0, 0.1) is 5.92 Å². The molecule has 0 N–H and O–H groups in total. The summed E-state index contributed by atoms with van der Waals surface area (Å²) in [4.78, 5) is 13.3. The van der Waals surface area contributed by atoms with E-state index >= 15 is 0 Å². The highest BCUT2D eigenvalue weighted by Crippen LogP contribution is 2.40. The molecule has 1 aromatic carbocycles. The van der Waals surface area contributed by atoms with Crippen molar-refractivity contribution >= 4 is 17.5 Å². The van der Waals surface area contributed by atoms with Crippen LogP contribution in [0.15, 0.2) is 29.2 Å². The van der Waals surface area contributed by atoms with Gasteiger partial charge in [0.2, 0.25) is 0 Å². The van der Waals surface area contributed by atoms with E-state index in [9.17, 15) is 4.79 Å². The average molecular weight is 218 g/mol. The number of Topliss-reactive ketones (excluding diaryl/α,β-unsaturated/α-hetero) is 1. The fraction of sp³-hybridized carbons (Fsp3) is 0.462. The van der Waals surface area contributed by atoms with E-state index in [1.807, 2.05) is 0 Å². The van der Waals surface area contributed by atoms with E-state index < -0.39 is 0 Å². The van der Waals surface area contributed by atoms with Crippen molar-refractivity contribution in [2.45, 2.75) is 35.8 Å². The largest absolute Gasteiger partial charge is 0.298 e. The van der Waals surface area contributed by atoms with Gasteiger partial charge in [-0.3, -0.25) is 4.79 Å². The molecule has 1 nitrogen and oxygen atoms in total. The molecular weight excluding hydrogens is 204 g/mol. The monoisotopic (exact) mass is 218 g/mol. The van der Waals surface area contributed by atoms with Gasteiger partial charge in [-0.2, -0.15) is 0 Å². The van der Waals surface area contributed by atoms with Crippen LogP contribution in [-0.4, -0.2) is 11.0 Å². The Kier molecular flexibility index (Phi) is 2.32. The lowest BCUT2D eigenvalue weighted by Crippen LogP contribution is -2.16. The van der Waals surface area contributed by atoms with Crippen LogP contribution in [0.4, 0.5) is 0 Å². The predicted molar refractivity (Wildman–Crippen MR) is 62.1 cm³/mol. The van der Waals surface area contributed by atoms with Crippen molar-refractivity contribution in [2.24, 2.45) is 5.92 Å². The Hall–Kier alpha value is -0.760. The fourth-order valence-electron chi connectivity index (χ4n) is 2.10. The molecule has 2 aliphatic rings. The summed E-state index contributed by atoms with van der Waals surface area (Å²) >= 11 is 1.76. The van der Waals surface area contributed by atoms with Crippen LogP contribution in [-0.2, 0) is 11.2 Å². The summed E-state index contributed by atoms with van der Waals surface area (Å²) in [6.45, 7) is 0. The number of carbonyl (C=O) groups excluding carboxylic acids is 1. The number of hydrogen-bond acceptors (Lipinski definition) is 2. The zero-order valence-electron chi connectivity index (χ0n) is 8.61. The number of rotatable bonds is 3. The van der Waals surface area contributed by atoms with Gasteiger partial charge in [0.25, 0.3) is 0 Å². The summed E-state index contributed by atoms with van der Waals surface area (Å²) in [5, 5.41) is 0.211. The quantitative estimate of drug-likeness (QED) is 0.775. The maximum absolute atomic E-state index is 11.9. The lowest BCUT2D eigenvalue weighted by molar-refractivity contribution is -0.118. The van der Waals surface area contributed by atoms with Crippen molar-refractivity contribution in [3.63, 3.8) is 0 Å². The smallest absolute Gasteiger partial charge is 0.146 e. The van der Waals surface area contributed by atoms with Crippen LogP contribution >= 0.6 is 11.8 Å². The lowest BCUT2D eigenvalue weighted by Gasteiger charge is -2.05. The molecule has 1 aromatic rings. The van der Waals surface area contributed by atoms with Crippen LogP contribution in [0.25, 0.3) is 0 Å². The maximum atomic E-state index is 11.9. The van der Waals surface area contributed by atoms with Gasteiger partial charge in [-0.1, -0.05) is 18.2 Å². The average Bonchev–Trinajstić information content (AvgIpc) is 2.95. The first-order valence-corrected chi connectivity index (χ1v) is 6.48. The molecule has 0 amide bonds. The van der Waals surface area contributed by atoms with E-state index in [0.717, 1.165) is 18.8 Å². The van der Waals surface area contributed by atoms with Crippen molar-refractivity contribution in [3.8, 4) is 0 Å². The molecule has 0 aromatic heterocycles. The summed E-state index contributed by atoms with van der Waals surface area (Å²) < 4.78 is 0. The molecule has 2 heteroatoms. The first kappa shape index (κ1) is 9.46. The second kappa shape index (κ2) is 3.67. The minimum absolute atomic E-state index is 0.211. The van der Waals surface area contributed by atoms with E-state index in [-0.39, 0.29) is 5.25 Å². The van der Waals surface area contributed by atoms with E-state index in [4.69, 9.17) is 0 Å². The van der Waals surface area contributed by atoms with Gasteiger partial charge in [0, 0.05) is 11.3 Å². The molecule has 0 saturated heterocycles. The zero-order chi connectivity index (χ0) is 10.3. The SMILES string of the molecule is O=C(CC1CC1)C1Cc2ccccc2S1. The minimum atomic E-state index is 0.211. The van der Waals surface area contributed by atoms with Gasteiger partial charge in [0.15, 0.2) is 0 Å². The molecule has 1 atom stereocenters. The number of ketones is 1. The van der Waals surface area contributed by atoms with Crippen LogP contribution < -0.4 is 0 Å². The van der Waals surface area contributed by atoms with Crippen molar-refractivity contribution in [1.29, 1.82) is 0 Å². The normalized spacial score (nSPS) is 23.9. The van der Waals surface area contributed by atoms with Gasteiger partial charge in [-0.15, -0.1) is 11.8 Å². The Morgan fingerprint density at radius 1 is 1.33 bits per heavy atom. The van der Waals surface area contributed by atoms with Gasteiger partial charge in [-0.25, -0.2) is 0 Å². The Labute approximate surface area is 94.3 Å². The Bertz CT molecular complexity index is 370. The third-order valence-corrected chi connectivity index (χ3v) is 4.56. The number of thioether (sulfide) groups is 1. The second-order valence-electron chi connectivity index (χ2n) is 4.53. The summed E-state index contributed by atoms with van der Waals surface area (Å²) in [5.74, 6) is 1.19. The van der Waals surface area contributed by atoms with Crippen LogP contribution in [0.1, 0.15) is 24.8 Å². The van der Waals surface area contributed by atoms with Crippen molar-refractivity contribution in [1.82, 2.24) is 0 Å². The zero-order valence-corrected chi connectivity index (χ0v) is 9.43. The van der Waals surface area contributed by atoms with Gasteiger partial charge < -0.3 is 0 Å². The molecule has 78 valence electrons. The lowest BCUT2D eigenvalue weighted by atomic mass is 10.0. The van der Waals surface area contributed by atoms with Crippen molar-refractivity contribution in [2.75, 3.05) is 0 Å². The molecular formula is C13H14OS. The molecule has 3 rings (SSSR count). The third kappa shape index (κ3) is 1.96. The third-order valence-electron chi connectivity index (χ3n) is 3.19. The predicted octanol–water partition coefficient (Wildman–Crippen LogP) is 3.07. The van der Waals surface area contributed by atoms with Gasteiger partial charge in [0.1, 0.15) is 5.78 Å². The Morgan fingerprint density at radius 3 is 2.87 bits per heavy atom. The molecule has 1 unspecified atom stereocenters. The standard InChI is InChI=1S/C13H14OS/c14-11(7-9-5-6-9)13-8-10-3-1-2-4-12(10)15-13/h1-4,9,13H,5-8H2. The highest BCUT2D eigenvalue weighted by Gasteiger charge is 2.32. The molecule has 1 saturated carbocycles. The molecule has 1 aliphatic heterocycles. The van der Waals surface area contributed by atoms with Crippen LogP contribution in [0.5, 0.6) is 0 Å². The molecule has 0 radical (unpaired) electrons. The highest BCUT2D eigenvalue weighted by molar-refractivity contribution is 8.01.